The van der Waals surface area contributed by atoms with E-state index in [9.17, 15) is 9.59 Å². The summed E-state index contributed by atoms with van der Waals surface area (Å²) in [5, 5.41) is 0.481. The number of fused-ring (bicyclic) bond motifs is 1. The molecule has 0 N–H and O–H groups in total. The fourth-order valence-corrected chi connectivity index (χ4v) is 2.43. The largest absolute Gasteiger partial charge is 0.425 e. The van der Waals surface area contributed by atoms with Crippen LogP contribution in [-0.2, 0) is 11.3 Å². The summed E-state index contributed by atoms with van der Waals surface area (Å²) in [5.41, 5.74) is 2.32. The fraction of sp³-hybridized carbons (Fsp3) is 0.167. The van der Waals surface area contributed by atoms with Crippen LogP contribution in [0.4, 0.5) is 0 Å². The van der Waals surface area contributed by atoms with Crippen molar-refractivity contribution in [1.29, 1.82) is 0 Å². The number of carbonyl (C=O) groups is 1. The standard InChI is InChI=1S/C18H16N2O3/c1-12-7-8-16(13(2)9-12)23-17(21)10-20-11-19-15-6-4-3-5-14(15)18(20)22/h3-9,11H,10H2,1-2H3. The van der Waals surface area contributed by atoms with E-state index >= 15 is 0 Å². The van der Waals surface area contributed by atoms with E-state index in [1.807, 2.05) is 32.0 Å². The Balaban J connectivity index is 1.83. The predicted molar refractivity (Wildman–Crippen MR) is 87.6 cm³/mol. The number of carbonyl (C=O) groups excluding carboxylic acids is 1. The lowest BCUT2D eigenvalue weighted by molar-refractivity contribution is -0.135. The van der Waals surface area contributed by atoms with Crippen molar-refractivity contribution in [3.63, 3.8) is 0 Å². The van der Waals surface area contributed by atoms with Gasteiger partial charge in [0.25, 0.3) is 5.56 Å². The summed E-state index contributed by atoms with van der Waals surface area (Å²) in [6.07, 6.45) is 1.37. The Morgan fingerprint density at radius 2 is 1.96 bits per heavy atom. The zero-order valence-corrected chi connectivity index (χ0v) is 12.9. The summed E-state index contributed by atoms with van der Waals surface area (Å²) in [4.78, 5) is 28.6. The third-order valence-electron chi connectivity index (χ3n) is 3.59. The molecule has 0 unspecified atom stereocenters. The van der Waals surface area contributed by atoms with Crippen LogP contribution in [-0.4, -0.2) is 15.5 Å². The molecule has 0 amide bonds. The molecule has 0 saturated heterocycles. The van der Waals surface area contributed by atoms with Crippen molar-refractivity contribution in [3.8, 4) is 5.75 Å². The van der Waals surface area contributed by atoms with Crippen LogP contribution in [0.2, 0.25) is 0 Å². The molecule has 23 heavy (non-hydrogen) atoms. The number of hydrogen-bond donors (Lipinski definition) is 0. The SMILES string of the molecule is Cc1ccc(OC(=O)Cn2cnc3ccccc3c2=O)c(C)c1. The minimum absolute atomic E-state index is 0.177. The Kier molecular flexibility index (Phi) is 3.93. The first-order valence-corrected chi connectivity index (χ1v) is 7.27. The van der Waals surface area contributed by atoms with Crippen LogP contribution < -0.4 is 10.3 Å². The molecule has 0 radical (unpaired) electrons. The minimum Gasteiger partial charge on any atom is -0.425 e. The average Bonchev–Trinajstić information content (AvgIpc) is 2.53. The molecule has 3 rings (SSSR count). The van der Waals surface area contributed by atoms with E-state index in [1.165, 1.54) is 10.9 Å². The average molecular weight is 308 g/mol. The summed E-state index contributed by atoms with van der Waals surface area (Å²) in [6.45, 7) is 3.67. The monoisotopic (exact) mass is 308 g/mol. The Morgan fingerprint density at radius 1 is 1.17 bits per heavy atom. The predicted octanol–water partition coefficient (Wildman–Crippen LogP) is 2.62. The Bertz CT molecular complexity index is 944. The second kappa shape index (κ2) is 6.04. The van der Waals surface area contributed by atoms with Crippen LogP contribution in [0.15, 0.2) is 53.6 Å². The normalized spacial score (nSPS) is 10.7. The molecular weight excluding hydrogens is 292 g/mol. The minimum atomic E-state index is -0.504. The van der Waals surface area contributed by atoms with Gasteiger partial charge in [-0.1, -0.05) is 29.8 Å². The van der Waals surface area contributed by atoms with Gasteiger partial charge in [0.1, 0.15) is 12.3 Å². The molecule has 0 aliphatic rings. The van der Waals surface area contributed by atoms with Crippen LogP contribution in [0.5, 0.6) is 5.75 Å². The van der Waals surface area contributed by atoms with E-state index in [4.69, 9.17) is 4.74 Å². The molecule has 2 aromatic carbocycles. The van der Waals surface area contributed by atoms with Gasteiger partial charge in [0.2, 0.25) is 0 Å². The first-order valence-electron chi connectivity index (χ1n) is 7.27. The first kappa shape index (κ1) is 15.0. The molecule has 0 aliphatic carbocycles. The van der Waals surface area contributed by atoms with E-state index in [-0.39, 0.29) is 12.1 Å². The van der Waals surface area contributed by atoms with Crippen LogP contribution in [0, 0.1) is 13.8 Å². The van der Waals surface area contributed by atoms with Gasteiger partial charge in [0, 0.05) is 0 Å². The molecule has 116 valence electrons. The molecule has 1 aromatic heterocycles. The van der Waals surface area contributed by atoms with Gasteiger partial charge in [-0.25, -0.2) is 9.78 Å². The summed E-state index contributed by atoms with van der Waals surface area (Å²) >= 11 is 0. The van der Waals surface area contributed by atoms with Gasteiger partial charge in [-0.15, -0.1) is 0 Å². The Hall–Kier alpha value is -2.95. The maximum atomic E-state index is 12.3. The van der Waals surface area contributed by atoms with Gasteiger partial charge < -0.3 is 4.74 Å². The third-order valence-corrected chi connectivity index (χ3v) is 3.59. The number of para-hydroxylation sites is 1. The van der Waals surface area contributed by atoms with Crippen molar-refractivity contribution < 1.29 is 9.53 Å². The van der Waals surface area contributed by atoms with Crippen LogP contribution in [0.1, 0.15) is 11.1 Å². The number of ether oxygens (including phenoxy) is 1. The molecule has 0 saturated carbocycles. The first-order chi connectivity index (χ1) is 11.0. The molecule has 5 nitrogen and oxygen atoms in total. The molecule has 1 heterocycles. The number of aromatic nitrogens is 2. The molecule has 0 aliphatic heterocycles. The van der Waals surface area contributed by atoms with Gasteiger partial charge in [0.15, 0.2) is 0 Å². The molecule has 0 bridgehead atoms. The number of benzene rings is 2. The Labute approximate surface area is 133 Å². The van der Waals surface area contributed by atoms with Crippen LogP contribution in [0.25, 0.3) is 10.9 Å². The van der Waals surface area contributed by atoms with Crippen molar-refractivity contribution >= 4 is 16.9 Å². The van der Waals surface area contributed by atoms with Gasteiger partial charge in [-0.2, -0.15) is 0 Å². The number of esters is 1. The van der Waals surface area contributed by atoms with Crippen LogP contribution in [0.3, 0.4) is 0 Å². The zero-order chi connectivity index (χ0) is 16.4. The maximum Gasteiger partial charge on any atom is 0.331 e. The number of nitrogens with zero attached hydrogens (tertiary/aromatic N) is 2. The number of rotatable bonds is 3. The molecule has 0 fully saturated rings. The summed E-state index contributed by atoms with van der Waals surface area (Å²) in [5.74, 6) is -0.00136. The Morgan fingerprint density at radius 3 is 2.74 bits per heavy atom. The van der Waals surface area contributed by atoms with Gasteiger partial charge >= 0.3 is 5.97 Å². The quantitative estimate of drug-likeness (QED) is 0.551. The summed E-state index contributed by atoms with van der Waals surface area (Å²) in [6, 6.07) is 12.6. The summed E-state index contributed by atoms with van der Waals surface area (Å²) < 4.78 is 6.60. The van der Waals surface area contributed by atoms with Crippen molar-refractivity contribution in [1.82, 2.24) is 9.55 Å². The van der Waals surface area contributed by atoms with E-state index in [0.29, 0.717) is 16.7 Å². The van der Waals surface area contributed by atoms with Gasteiger partial charge in [-0.3, -0.25) is 9.36 Å². The molecule has 0 atom stereocenters. The highest BCUT2D eigenvalue weighted by atomic mass is 16.5. The maximum absolute atomic E-state index is 12.3. The fourth-order valence-electron chi connectivity index (χ4n) is 2.43. The van der Waals surface area contributed by atoms with E-state index in [2.05, 4.69) is 4.98 Å². The van der Waals surface area contributed by atoms with Gasteiger partial charge in [-0.05, 0) is 37.6 Å². The van der Waals surface area contributed by atoms with E-state index < -0.39 is 5.97 Å². The molecule has 0 spiro atoms. The number of hydrogen-bond acceptors (Lipinski definition) is 4. The second-order valence-electron chi connectivity index (χ2n) is 5.44. The van der Waals surface area contributed by atoms with Crippen molar-refractivity contribution in [2.45, 2.75) is 20.4 Å². The van der Waals surface area contributed by atoms with Crippen molar-refractivity contribution in [3.05, 3.63) is 70.3 Å². The smallest absolute Gasteiger partial charge is 0.331 e. The number of aryl methyl sites for hydroxylation is 2. The highest BCUT2D eigenvalue weighted by Gasteiger charge is 2.11. The molecular formula is C18H16N2O3. The second-order valence-corrected chi connectivity index (χ2v) is 5.44. The lowest BCUT2D eigenvalue weighted by Crippen LogP contribution is -2.27. The lowest BCUT2D eigenvalue weighted by atomic mass is 10.1. The zero-order valence-electron chi connectivity index (χ0n) is 12.9. The summed E-state index contributed by atoms with van der Waals surface area (Å²) in [7, 11) is 0. The highest BCUT2D eigenvalue weighted by Crippen LogP contribution is 2.18. The molecule has 5 heteroatoms. The highest BCUT2D eigenvalue weighted by molar-refractivity contribution is 5.78. The lowest BCUT2D eigenvalue weighted by Gasteiger charge is -2.09. The van der Waals surface area contributed by atoms with Crippen molar-refractivity contribution in [2.75, 3.05) is 0 Å². The van der Waals surface area contributed by atoms with E-state index in [0.717, 1.165) is 11.1 Å². The van der Waals surface area contributed by atoms with Gasteiger partial charge in [0.05, 0.1) is 17.2 Å². The van der Waals surface area contributed by atoms with E-state index in [1.54, 1.807) is 24.3 Å². The third kappa shape index (κ3) is 3.13. The topological polar surface area (TPSA) is 61.2 Å². The molecule has 3 aromatic rings. The van der Waals surface area contributed by atoms with Crippen LogP contribution >= 0.6 is 0 Å². The van der Waals surface area contributed by atoms with Crippen molar-refractivity contribution in [2.24, 2.45) is 0 Å².